The molecule has 0 saturated carbocycles. The van der Waals surface area contributed by atoms with Gasteiger partial charge in [0.05, 0.1) is 6.10 Å². The highest BCUT2D eigenvalue weighted by atomic mass is 16.3. The van der Waals surface area contributed by atoms with E-state index in [0.29, 0.717) is 18.3 Å². The summed E-state index contributed by atoms with van der Waals surface area (Å²) >= 11 is 0. The molecule has 0 aromatic heterocycles. The number of aliphatic hydroxyl groups is 1. The highest BCUT2D eigenvalue weighted by Gasteiger charge is 2.46. The minimum atomic E-state index is -0.405. The zero-order valence-corrected chi connectivity index (χ0v) is 14.6. The van der Waals surface area contributed by atoms with E-state index < -0.39 is 6.10 Å². The second kappa shape index (κ2) is 6.54. The first-order valence-electron chi connectivity index (χ1n) is 8.51. The van der Waals surface area contributed by atoms with Crippen molar-refractivity contribution >= 4 is 5.78 Å². The number of carbonyl (C=O) groups is 1. The number of carbonyl (C=O) groups excluding carboxylic acids is 1. The smallest absolute Gasteiger partial charge is 0.162 e. The van der Waals surface area contributed by atoms with Crippen LogP contribution in [0.15, 0.2) is 34.9 Å². The maximum atomic E-state index is 12.7. The number of hydrogen-bond acceptors (Lipinski definition) is 2. The third-order valence-electron chi connectivity index (χ3n) is 5.41. The molecule has 2 aliphatic rings. The molecular weight excluding hydrogens is 272 g/mol. The Kier molecular flexibility index (Phi) is 5.11. The Bertz CT molecular complexity index is 536. The Morgan fingerprint density at radius 1 is 1.27 bits per heavy atom. The molecule has 0 amide bonds. The van der Waals surface area contributed by atoms with Gasteiger partial charge < -0.3 is 5.11 Å². The molecule has 0 saturated heterocycles. The van der Waals surface area contributed by atoms with Gasteiger partial charge in [-0.25, -0.2) is 0 Å². The third kappa shape index (κ3) is 3.43. The molecule has 3 atom stereocenters. The van der Waals surface area contributed by atoms with E-state index in [-0.39, 0.29) is 11.2 Å². The molecule has 2 rings (SSSR count). The summed E-state index contributed by atoms with van der Waals surface area (Å²) in [5, 5.41) is 10.1. The largest absolute Gasteiger partial charge is 0.389 e. The zero-order valence-electron chi connectivity index (χ0n) is 14.6. The van der Waals surface area contributed by atoms with Crippen molar-refractivity contribution in [1.29, 1.82) is 0 Å². The summed E-state index contributed by atoms with van der Waals surface area (Å²) in [6, 6.07) is 0. The standard InChI is InChI=1S/C20H30O2/c1-13(2)17-12-19(22)20(5)9-8-15(4)11-16(21)10-14(3)6-7-18(17)20/h8,10,12-13,16,18,21H,6-7,9,11H2,1-5H3/b14-10+,15-8+/t16-,18+,20-/m0/s1. The van der Waals surface area contributed by atoms with Gasteiger partial charge in [0.1, 0.15) is 0 Å². The minimum absolute atomic E-state index is 0.284. The minimum Gasteiger partial charge on any atom is -0.389 e. The molecule has 122 valence electrons. The Morgan fingerprint density at radius 3 is 2.59 bits per heavy atom. The highest BCUT2D eigenvalue weighted by Crippen LogP contribution is 2.48. The van der Waals surface area contributed by atoms with Gasteiger partial charge in [-0.15, -0.1) is 0 Å². The van der Waals surface area contributed by atoms with Crippen LogP contribution < -0.4 is 0 Å². The molecule has 2 nitrogen and oxygen atoms in total. The Labute approximate surface area is 135 Å². The van der Waals surface area contributed by atoms with Gasteiger partial charge in [0.25, 0.3) is 0 Å². The fourth-order valence-electron chi connectivity index (χ4n) is 3.90. The highest BCUT2D eigenvalue weighted by molar-refractivity contribution is 5.98. The number of ketones is 1. The maximum absolute atomic E-state index is 12.7. The molecule has 0 heterocycles. The Hall–Kier alpha value is -1.15. The summed E-state index contributed by atoms with van der Waals surface area (Å²) in [4.78, 5) is 12.7. The number of hydrogen-bond donors (Lipinski definition) is 1. The van der Waals surface area contributed by atoms with Crippen LogP contribution in [0.2, 0.25) is 0 Å². The van der Waals surface area contributed by atoms with Crippen molar-refractivity contribution in [2.24, 2.45) is 17.3 Å². The number of allylic oxidation sites excluding steroid dienone is 4. The summed E-state index contributed by atoms with van der Waals surface area (Å²) < 4.78 is 0. The molecule has 0 spiro atoms. The van der Waals surface area contributed by atoms with E-state index in [2.05, 4.69) is 40.7 Å². The summed E-state index contributed by atoms with van der Waals surface area (Å²) in [6.07, 6.45) is 9.05. The summed E-state index contributed by atoms with van der Waals surface area (Å²) in [5.41, 5.74) is 3.40. The lowest BCUT2D eigenvalue weighted by Crippen LogP contribution is -2.31. The first kappa shape index (κ1) is 17.2. The molecular formula is C20H30O2. The van der Waals surface area contributed by atoms with Crippen molar-refractivity contribution < 1.29 is 9.90 Å². The SMILES string of the molecule is C/C1=C\[C@H](O)C/C(C)=C/C[C@]2(C)C(=O)C=C(C(C)C)[C@H]2CC1. The predicted octanol–water partition coefficient (Wildman–Crippen LogP) is 4.60. The number of rotatable bonds is 1. The van der Waals surface area contributed by atoms with Crippen LogP contribution in [0.4, 0.5) is 0 Å². The quantitative estimate of drug-likeness (QED) is 0.719. The van der Waals surface area contributed by atoms with Gasteiger partial charge in [-0.05, 0) is 57.4 Å². The summed E-state index contributed by atoms with van der Waals surface area (Å²) in [5.74, 6) is 1.02. The second-order valence-electron chi connectivity index (χ2n) is 7.71. The topological polar surface area (TPSA) is 37.3 Å². The molecule has 0 aromatic carbocycles. The lowest BCUT2D eigenvalue weighted by Gasteiger charge is -2.33. The molecule has 0 aliphatic heterocycles. The zero-order chi connectivity index (χ0) is 16.5. The fourth-order valence-corrected chi connectivity index (χ4v) is 3.90. The van der Waals surface area contributed by atoms with E-state index in [4.69, 9.17) is 0 Å². The van der Waals surface area contributed by atoms with E-state index in [0.717, 1.165) is 19.3 Å². The van der Waals surface area contributed by atoms with Gasteiger partial charge in [-0.3, -0.25) is 4.79 Å². The van der Waals surface area contributed by atoms with Crippen molar-refractivity contribution in [3.63, 3.8) is 0 Å². The van der Waals surface area contributed by atoms with Crippen LogP contribution in [0.1, 0.15) is 60.3 Å². The Balaban J connectivity index is 2.39. The van der Waals surface area contributed by atoms with E-state index in [1.165, 1.54) is 16.7 Å². The van der Waals surface area contributed by atoms with Gasteiger partial charge in [-0.1, -0.05) is 49.6 Å². The second-order valence-corrected chi connectivity index (χ2v) is 7.71. The number of fused-ring (bicyclic) bond motifs is 1. The number of aliphatic hydroxyl groups excluding tert-OH is 1. The normalized spacial score (nSPS) is 38.5. The molecule has 2 heteroatoms. The Morgan fingerprint density at radius 2 is 1.95 bits per heavy atom. The van der Waals surface area contributed by atoms with E-state index in [1.54, 1.807) is 0 Å². The maximum Gasteiger partial charge on any atom is 0.162 e. The van der Waals surface area contributed by atoms with Crippen LogP contribution in [0, 0.1) is 17.3 Å². The van der Waals surface area contributed by atoms with Crippen molar-refractivity contribution in [2.75, 3.05) is 0 Å². The third-order valence-corrected chi connectivity index (χ3v) is 5.41. The molecule has 22 heavy (non-hydrogen) atoms. The molecule has 0 fully saturated rings. The van der Waals surface area contributed by atoms with Gasteiger partial charge in [0, 0.05) is 5.41 Å². The lowest BCUT2D eigenvalue weighted by atomic mass is 9.69. The van der Waals surface area contributed by atoms with E-state index >= 15 is 0 Å². The van der Waals surface area contributed by atoms with Crippen molar-refractivity contribution in [2.45, 2.75) is 66.4 Å². The van der Waals surface area contributed by atoms with Crippen molar-refractivity contribution in [3.8, 4) is 0 Å². The first-order chi connectivity index (χ1) is 10.2. The van der Waals surface area contributed by atoms with Crippen LogP contribution >= 0.6 is 0 Å². The average molecular weight is 302 g/mol. The molecule has 0 unspecified atom stereocenters. The van der Waals surface area contributed by atoms with E-state index in [1.807, 2.05) is 12.2 Å². The van der Waals surface area contributed by atoms with Crippen LogP contribution in [0.5, 0.6) is 0 Å². The van der Waals surface area contributed by atoms with Crippen LogP contribution in [-0.4, -0.2) is 17.0 Å². The molecule has 0 aromatic rings. The van der Waals surface area contributed by atoms with Gasteiger partial charge in [0.15, 0.2) is 5.78 Å². The lowest BCUT2D eigenvalue weighted by molar-refractivity contribution is -0.123. The monoisotopic (exact) mass is 302 g/mol. The van der Waals surface area contributed by atoms with Crippen molar-refractivity contribution in [1.82, 2.24) is 0 Å². The van der Waals surface area contributed by atoms with Crippen molar-refractivity contribution in [3.05, 3.63) is 34.9 Å². The first-order valence-corrected chi connectivity index (χ1v) is 8.51. The van der Waals surface area contributed by atoms with Crippen LogP contribution in [0.3, 0.4) is 0 Å². The molecule has 2 aliphatic carbocycles. The predicted molar refractivity (Wildman–Crippen MR) is 91.5 cm³/mol. The summed E-state index contributed by atoms with van der Waals surface area (Å²) in [6.45, 7) is 10.6. The molecule has 1 N–H and O–H groups in total. The van der Waals surface area contributed by atoms with Gasteiger partial charge in [-0.2, -0.15) is 0 Å². The molecule has 0 bridgehead atoms. The van der Waals surface area contributed by atoms with E-state index in [9.17, 15) is 9.90 Å². The van der Waals surface area contributed by atoms with Crippen LogP contribution in [-0.2, 0) is 4.79 Å². The van der Waals surface area contributed by atoms with Crippen LogP contribution in [0.25, 0.3) is 0 Å². The summed E-state index contributed by atoms with van der Waals surface area (Å²) in [7, 11) is 0. The average Bonchev–Trinajstić information content (AvgIpc) is 2.65. The van der Waals surface area contributed by atoms with Gasteiger partial charge >= 0.3 is 0 Å². The molecule has 0 radical (unpaired) electrons. The van der Waals surface area contributed by atoms with Gasteiger partial charge in [0.2, 0.25) is 0 Å². The fraction of sp³-hybridized carbons (Fsp3) is 0.650.